The maximum absolute atomic E-state index is 6.25. The first kappa shape index (κ1) is 27.5. The van der Waals surface area contributed by atoms with Gasteiger partial charge in [0.05, 0.1) is 0 Å². The second-order valence-electron chi connectivity index (χ2n) is 11.2. The number of benzene rings is 8. The summed E-state index contributed by atoms with van der Waals surface area (Å²) in [5.74, 6) is 0. The zero-order valence-electron chi connectivity index (χ0n) is 24.3. The van der Waals surface area contributed by atoms with Crippen LogP contribution in [0.15, 0.2) is 164 Å². The SMILES string of the molecule is Clc1ccc(N(c2ccc(Cl)cc2)c2ccc(-c3c4ccccc4c(-c4ccc5ccccc5c4)c4ccccc34)cc2)cc1. The van der Waals surface area contributed by atoms with Crippen molar-refractivity contribution in [2.45, 2.75) is 0 Å². The Balaban J connectivity index is 1.31. The summed E-state index contributed by atoms with van der Waals surface area (Å²) < 4.78 is 0. The van der Waals surface area contributed by atoms with E-state index in [1.165, 1.54) is 54.6 Å². The summed E-state index contributed by atoms with van der Waals surface area (Å²) in [6.45, 7) is 0. The Morgan fingerprint density at radius 3 is 1.20 bits per heavy atom. The first-order valence-electron chi connectivity index (χ1n) is 15.0. The summed E-state index contributed by atoms with van der Waals surface area (Å²) in [6, 6.07) is 57.7. The lowest BCUT2D eigenvalue weighted by Crippen LogP contribution is -2.09. The quantitative estimate of drug-likeness (QED) is 0.174. The molecule has 0 N–H and O–H groups in total. The van der Waals surface area contributed by atoms with Crippen LogP contribution in [0.5, 0.6) is 0 Å². The van der Waals surface area contributed by atoms with Gasteiger partial charge in [-0.15, -0.1) is 0 Å². The molecule has 0 heterocycles. The van der Waals surface area contributed by atoms with E-state index in [-0.39, 0.29) is 0 Å². The van der Waals surface area contributed by atoms with E-state index in [2.05, 4.69) is 120 Å². The summed E-state index contributed by atoms with van der Waals surface area (Å²) in [5, 5.41) is 8.86. The van der Waals surface area contributed by atoms with E-state index in [1.807, 2.05) is 48.5 Å². The molecule has 45 heavy (non-hydrogen) atoms. The second kappa shape index (κ2) is 11.4. The number of fused-ring (bicyclic) bond motifs is 3. The molecule has 0 bridgehead atoms. The van der Waals surface area contributed by atoms with Crippen LogP contribution in [0.2, 0.25) is 10.0 Å². The fourth-order valence-electron chi connectivity index (χ4n) is 6.50. The third kappa shape index (κ3) is 5.01. The molecule has 0 radical (unpaired) electrons. The Morgan fingerprint density at radius 1 is 0.333 bits per heavy atom. The molecule has 8 aromatic carbocycles. The van der Waals surface area contributed by atoms with E-state index in [1.54, 1.807) is 0 Å². The molecule has 0 fully saturated rings. The Hall–Kier alpha value is -5.08. The lowest BCUT2D eigenvalue weighted by molar-refractivity contribution is 1.28. The molecule has 8 rings (SSSR count). The fraction of sp³-hybridized carbons (Fsp3) is 0. The summed E-state index contributed by atoms with van der Waals surface area (Å²) in [5.41, 5.74) is 7.98. The molecule has 8 aromatic rings. The molecular formula is C42H27Cl2N. The number of nitrogens with zero attached hydrogens (tertiary/aromatic N) is 1. The standard InChI is InChI=1S/C42H27Cl2N/c43-32-17-23-35(24-18-32)45(36-25-19-33(44)20-26-36)34-21-15-29(16-22-34)41-37-9-3-5-11-39(37)42(40-12-6-4-10-38(40)41)31-14-13-28-7-1-2-8-30(28)27-31/h1-27H. The predicted molar refractivity (Wildman–Crippen MR) is 195 cm³/mol. The molecule has 0 aliphatic heterocycles. The first-order chi connectivity index (χ1) is 22.1. The average molecular weight is 617 g/mol. The minimum Gasteiger partial charge on any atom is -0.311 e. The van der Waals surface area contributed by atoms with Gasteiger partial charge in [0.1, 0.15) is 0 Å². The van der Waals surface area contributed by atoms with Crippen molar-refractivity contribution in [2.75, 3.05) is 4.90 Å². The molecule has 0 saturated heterocycles. The van der Waals surface area contributed by atoms with Crippen molar-refractivity contribution in [1.82, 2.24) is 0 Å². The molecule has 0 aliphatic rings. The minimum atomic E-state index is 0.705. The maximum atomic E-state index is 6.25. The van der Waals surface area contributed by atoms with Gasteiger partial charge in [0.15, 0.2) is 0 Å². The van der Waals surface area contributed by atoms with Gasteiger partial charge in [-0.25, -0.2) is 0 Å². The maximum Gasteiger partial charge on any atom is 0.0462 e. The molecule has 214 valence electrons. The summed E-state index contributed by atoms with van der Waals surface area (Å²) in [7, 11) is 0. The van der Waals surface area contributed by atoms with E-state index in [4.69, 9.17) is 23.2 Å². The first-order valence-corrected chi connectivity index (χ1v) is 15.7. The van der Waals surface area contributed by atoms with Gasteiger partial charge in [0.25, 0.3) is 0 Å². The lowest BCUT2D eigenvalue weighted by atomic mass is 9.85. The minimum absolute atomic E-state index is 0.705. The summed E-state index contributed by atoms with van der Waals surface area (Å²) in [4.78, 5) is 2.22. The average Bonchev–Trinajstić information content (AvgIpc) is 3.09. The monoisotopic (exact) mass is 615 g/mol. The zero-order chi connectivity index (χ0) is 30.3. The van der Waals surface area contributed by atoms with E-state index in [9.17, 15) is 0 Å². The van der Waals surface area contributed by atoms with Crippen LogP contribution in [0, 0.1) is 0 Å². The van der Waals surface area contributed by atoms with Gasteiger partial charge >= 0.3 is 0 Å². The van der Waals surface area contributed by atoms with E-state index in [0.717, 1.165) is 17.1 Å². The third-order valence-corrected chi connectivity index (χ3v) is 9.06. The van der Waals surface area contributed by atoms with Crippen molar-refractivity contribution in [3.05, 3.63) is 174 Å². The van der Waals surface area contributed by atoms with E-state index >= 15 is 0 Å². The molecule has 1 nitrogen and oxygen atoms in total. The summed E-state index contributed by atoms with van der Waals surface area (Å²) >= 11 is 12.5. The van der Waals surface area contributed by atoms with Crippen LogP contribution in [0.3, 0.4) is 0 Å². The van der Waals surface area contributed by atoms with Gasteiger partial charge in [-0.05, 0) is 121 Å². The highest BCUT2D eigenvalue weighted by Crippen LogP contribution is 2.45. The lowest BCUT2D eigenvalue weighted by Gasteiger charge is -2.26. The van der Waals surface area contributed by atoms with Crippen LogP contribution < -0.4 is 4.90 Å². The van der Waals surface area contributed by atoms with Crippen molar-refractivity contribution in [3.63, 3.8) is 0 Å². The Bertz CT molecular complexity index is 2220. The summed E-state index contributed by atoms with van der Waals surface area (Å²) in [6.07, 6.45) is 0. The van der Waals surface area contributed by atoms with Crippen LogP contribution in [-0.2, 0) is 0 Å². The van der Waals surface area contributed by atoms with Crippen LogP contribution in [0.4, 0.5) is 17.1 Å². The Labute approximate surface area is 272 Å². The fourth-order valence-corrected chi connectivity index (χ4v) is 6.75. The van der Waals surface area contributed by atoms with E-state index < -0.39 is 0 Å². The van der Waals surface area contributed by atoms with Crippen LogP contribution in [-0.4, -0.2) is 0 Å². The zero-order valence-corrected chi connectivity index (χ0v) is 25.8. The smallest absolute Gasteiger partial charge is 0.0462 e. The van der Waals surface area contributed by atoms with E-state index in [0.29, 0.717) is 10.0 Å². The van der Waals surface area contributed by atoms with Gasteiger partial charge in [-0.1, -0.05) is 120 Å². The Morgan fingerprint density at radius 2 is 0.711 bits per heavy atom. The van der Waals surface area contributed by atoms with Crippen molar-refractivity contribution < 1.29 is 0 Å². The van der Waals surface area contributed by atoms with Crippen molar-refractivity contribution in [2.24, 2.45) is 0 Å². The normalized spacial score (nSPS) is 11.3. The van der Waals surface area contributed by atoms with Gasteiger partial charge in [0.2, 0.25) is 0 Å². The number of hydrogen-bond donors (Lipinski definition) is 0. The highest BCUT2D eigenvalue weighted by molar-refractivity contribution is 6.31. The highest BCUT2D eigenvalue weighted by Gasteiger charge is 2.18. The topological polar surface area (TPSA) is 3.24 Å². The number of halogens is 2. The van der Waals surface area contributed by atoms with Crippen LogP contribution in [0.1, 0.15) is 0 Å². The van der Waals surface area contributed by atoms with Gasteiger partial charge < -0.3 is 4.90 Å². The molecule has 0 saturated carbocycles. The van der Waals surface area contributed by atoms with Crippen LogP contribution >= 0.6 is 23.2 Å². The van der Waals surface area contributed by atoms with Crippen molar-refractivity contribution >= 4 is 72.6 Å². The molecule has 0 amide bonds. The molecule has 3 heteroatoms. The van der Waals surface area contributed by atoms with Gasteiger partial charge in [-0.2, -0.15) is 0 Å². The number of anilines is 3. The predicted octanol–water partition coefficient (Wildman–Crippen LogP) is 13.3. The molecule has 0 aliphatic carbocycles. The molecule has 0 spiro atoms. The van der Waals surface area contributed by atoms with Crippen LogP contribution in [0.25, 0.3) is 54.6 Å². The molecule has 0 unspecified atom stereocenters. The number of rotatable bonds is 5. The second-order valence-corrected chi connectivity index (χ2v) is 12.1. The number of hydrogen-bond acceptors (Lipinski definition) is 1. The van der Waals surface area contributed by atoms with Crippen molar-refractivity contribution in [1.29, 1.82) is 0 Å². The highest BCUT2D eigenvalue weighted by atomic mass is 35.5. The van der Waals surface area contributed by atoms with Crippen molar-refractivity contribution in [3.8, 4) is 22.3 Å². The molecular weight excluding hydrogens is 589 g/mol. The third-order valence-electron chi connectivity index (χ3n) is 8.55. The molecule has 0 atom stereocenters. The largest absolute Gasteiger partial charge is 0.311 e. The van der Waals surface area contributed by atoms with Gasteiger partial charge in [0, 0.05) is 27.1 Å². The van der Waals surface area contributed by atoms with Gasteiger partial charge in [-0.3, -0.25) is 0 Å². The Kier molecular flexibility index (Phi) is 6.99. The molecule has 0 aromatic heterocycles.